The largest absolute Gasteiger partial charge is 0.479 e. The van der Waals surface area contributed by atoms with Crippen LogP contribution < -0.4 is 5.32 Å². The molecule has 0 radical (unpaired) electrons. The molecule has 1 saturated carbocycles. The van der Waals surface area contributed by atoms with Crippen LogP contribution in [0.25, 0.3) is 0 Å². The van der Waals surface area contributed by atoms with Crippen molar-refractivity contribution in [3.63, 3.8) is 0 Å². The fraction of sp³-hybridized carbons (Fsp3) is 0.833. The number of hydrogen-bond donors (Lipinski definition) is 2. The summed E-state index contributed by atoms with van der Waals surface area (Å²) >= 11 is 0. The molecule has 0 aliphatic heterocycles. The molecule has 0 aromatic carbocycles. The molecule has 1 unspecified atom stereocenters. The molecule has 0 heterocycles. The van der Waals surface area contributed by atoms with Crippen LogP contribution in [0.4, 0.5) is 0 Å². The van der Waals surface area contributed by atoms with Crippen LogP contribution >= 0.6 is 0 Å². The van der Waals surface area contributed by atoms with Gasteiger partial charge in [-0.3, -0.25) is 4.79 Å². The van der Waals surface area contributed by atoms with Crippen molar-refractivity contribution in [1.29, 1.82) is 0 Å². The highest BCUT2D eigenvalue weighted by molar-refractivity contribution is 5.86. The van der Waals surface area contributed by atoms with Gasteiger partial charge in [0.25, 0.3) is 5.91 Å². The molecule has 104 valence electrons. The van der Waals surface area contributed by atoms with Gasteiger partial charge in [-0.05, 0) is 32.6 Å². The van der Waals surface area contributed by atoms with E-state index >= 15 is 0 Å². The van der Waals surface area contributed by atoms with Gasteiger partial charge in [-0.1, -0.05) is 0 Å². The van der Waals surface area contributed by atoms with E-state index in [1.54, 1.807) is 0 Å². The molecule has 2 N–H and O–H groups in total. The highest BCUT2D eigenvalue weighted by Gasteiger charge is 2.42. The molecular weight excluding hydrogens is 238 g/mol. The Morgan fingerprint density at radius 3 is 2.44 bits per heavy atom. The Hall–Kier alpha value is -1.14. The average Bonchev–Trinajstić information content (AvgIpc) is 2.79. The zero-order chi connectivity index (χ0) is 13.6. The van der Waals surface area contributed by atoms with Gasteiger partial charge in [-0.15, -0.1) is 0 Å². The van der Waals surface area contributed by atoms with Crippen LogP contribution in [0, 0.1) is 0 Å². The Morgan fingerprint density at radius 1 is 1.39 bits per heavy atom. The number of ether oxygens (including phenoxy) is 2. The molecule has 1 rings (SSSR count). The first-order chi connectivity index (χ1) is 8.55. The molecule has 18 heavy (non-hydrogen) atoms. The lowest BCUT2D eigenvalue weighted by Crippen LogP contribution is -2.50. The third-order valence-electron chi connectivity index (χ3n) is 3.25. The molecule has 0 bridgehead atoms. The fourth-order valence-corrected chi connectivity index (χ4v) is 2.28. The maximum Gasteiger partial charge on any atom is 0.334 e. The summed E-state index contributed by atoms with van der Waals surface area (Å²) in [5, 5.41) is 11.4. The first kappa shape index (κ1) is 14.9. The second kappa shape index (κ2) is 6.70. The summed E-state index contributed by atoms with van der Waals surface area (Å²) in [5.74, 6) is -1.32. The van der Waals surface area contributed by atoms with Crippen LogP contribution in [0.3, 0.4) is 0 Å². The number of amides is 1. The van der Waals surface area contributed by atoms with E-state index in [0.717, 1.165) is 12.8 Å². The number of hydrogen-bond acceptors (Lipinski definition) is 4. The van der Waals surface area contributed by atoms with Gasteiger partial charge < -0.3 is 19.9 Å². The molecule has 0 aromatic heterocycles. The van der Waals surface area contributed by atoms with E-state index < -0.39 is 17.7 Å². The zero-order valence-corrected chi connectivity index (χ0v) is 10.9. The lowest BCUT2D eigenvalue weighted by atomic mass is 10.0. The minimum absolute atomic E-state index is 0.0422. The molecule has 1 amide bonds. The minimum Gasteiger partial charge on any atom is -0.479 e. The normalized spacial score (nSPS) is 19.4. The highest BCUT2D eigenvalue weighted by atomic mass is 16.5. The number of carboxylic acids is 1. The molecular formula is C12H21NO5. The lowest BCUT2D eigenvalue weighted by Gasteiger charge is -2.28. The third kappa shape index (κ3) is 3.43. The van der Waals surface area contributed by atoms with Gasteiger partial charge in [0.05, 0.1) is 6.54 Å². The Balaban J connectivity index is 2.54. The Labute approximate surface area is 107 Å². The summed E-state index contributed by atoms with van der Waals surface area (Å²) in [7, 11) is 1.30. The summed E-state index contributed by atoms with van der Waals surface area (Å²) in [6.45, 7) is 2.28. The maximum absolute atomic E-state index is 12.1. The molecule has 6 nitrogen and oxygen atoms in total. The number of carbonyl (C=O) groups is 2. The molecule has 0 spiro atoms. The van der Waals surface area contributed by atoms with Crippen molar-refractivity contribution < 1.29 is 24.2 Å². The van der Waals surface area contributed by atoms with Crippen molar-refractivity contribution in [2.45, 2.75) is 44.3 Å². The molecule has 1 aliphatic carbocycles. The molecule has 1 atom stereocenters. The van der Waals surface area contributed by atoms with Gasteiger partial charge in [-0.2, -0.15) is 0 Å². The topological polar surface area (TPSA) is 84.9 Å². The summed E-state index contributed by atoms with van der Waals surface area (Å²) < 4.78 is 10.3. The second-order valence-electron chi connectivity index (χ2n) is 4.41. The van der Waals surface area contributed by atoms with Crippen molar-refractivity contribution in [2.24, 2.45) is 0 Å². The fourth-order valence-electron chi connectivity index (χ4n) is 2.28. The number of carboxylic acid groups (broad SMARTS) is 1. The lowest BCUT2D eigenvalue weighted by molar-refractivity contribution is -0.151. The van der Waals surface area contributed by atoms with E-state index in [4.69, 9.17) is 14.6 Å². The SMILES string of the molecule is CCOC1(C(=O)NCC(OC)C(=O)O)CCCC1. The van der Waals surface area contributed by atoms with Gasteiger partial charge in [-0.25, -0.2) is 4.79 Å². The van der Waals surface area contributed by atoms with E-state index in [1.807, 2.05) is 6.92 Å². The van der Waals surface area contributed by atoms with Crippen molar-refractivity contribution in [2.75, 3.05) is 20.3 Å². The monoisotopic (exact) mass is 259 g/mol. The van der Waals surface area contributed by atoms with Crippen LogP contribution in [0.2, 0.25) is 0 Å². The first-order valence-electron chi connectivity index (χ1n) is 6.23. The smallest absolute Gasteiger partial charge is 0.334 e. The van der Waals surface area contributed by atoms with Gasteiger partial charge in [0, 0.05) is 13.7 Å². The Kier molecular flexibility index (Phi) is 5.55. The zero-order valence-electron chi connectivity index (χ0n) is 10.9. The quantitative estimate of drug-likeness (QED) is 0.697. The number of aliphatic carboxylic acids is 1. The molecule has 0 aromatic rings. The number of methoxy groups -OCH3 is 1. The van der Waals surface area contributed by atoms with Crippen molar-refractivity contribution in [3.05, 3.63) is 0 Å². The van der Waals surface area contributed by atoms with E-state index in [-0.39, 0.29) is 12.5 Å². The van der Waals surface area contributed by atoms with E-state index in [1.165, 1.54) is 7.11 Å². The van der Waals surface area contributed by atoms with Crippen molar-refractivity contribution in [1.82, 2.24) is 5.32 Å². The predicted octanol–water partition coefficient (Wildman–Crippen LogP) is 0.551. The van der Waals surface area contributed by atoms with Crippen LogP contribution in [0.5, 0.6) is 0 Å². The van der Waals surface area contributed by atoms with E-state index in [9.17, 15) is 9.59 Å². The molecule has 1 fully saturated rings. The average molecular weight is 259 g/mol. The van der Waals surface area contributed by atoms with Gasteiger partial charge in [0.1, 0.15) is 5.60 Å². The Bertz CT molecular complexity index is 299. The van der Waals surface area contributed by atoms with Crippen LogP contribution in [0.15, 0.2) is 0 Å². The Morgan fingerprint density at radius 2 is 2.00 bits per heavy atom. The van der Waals surface area contributed by atoms with Crippen LogP contribution in [-0.4, -0.2) is 48.9 Å². The summed E-state index contributed by atoms with van der Waals surface area (Å²) in [6, 6.07) is 0. The van der Waals surface area contributed by atoms with Crippen LogP contribution in [-0.2, 0) is 19.1 Å². The first-order valence-corrected chi connectivity index (χ1v) is 6.23. The summed E-state index contributed by atoms with van der Waals surface area (Å²) in [6.07, 6.45) is 2.28. The minimum atomic E-state index is -1.09. The molecule has 6 heteroatoms. The van der Waals surface area contributed by atoms with Gasteiger partial charge >= 0.3 is 5.97 Å². The van der Waals surface area contributed by atoms with Crippen molar-refractivity contribution in [3.8, 4) is 0 Å². The standard InChI is InChI=1S/C12H21NO5/c1-3-18-12(6-4-5-7-12)11(16)13-8-9(17-2)10(14)15/h9H,3-8H2,1-2H3,(H,13,16)(H,14,15). The molecule has 1 aliphatic rings. The van der Waals surface area contributed by atoms with Crippen molar-refractivity contribution >= 4 is 11.9 Å². The molecule has 0 saturated heterocycles. The number of rotatable bonds is 7. The predicted molar refractivity (Wildman–Crippen MR) is 64.3 cm³/mol. The highest BCUT2D eigenvalue weighted by Crippen LogP contribution is 2.33. The van der Waals surface area contributed by atoms with Crippen LogP contribution in [0.1, 0.15) is 32.6 Å². The maximum atomic E-state index is 12.1. The summed E-state index contributed by atoms with van der Waals surface area (Å²) in [4.78, 5) is 22.9. The second-order valence-corrected chi connectivity index (χ2v) is 4.41. The van der Waals surface area contributed by atoms with Gasteiger partial charge in [0.2, 0.25) is 0 Å². The summed E-state index contributed by atoms with van der Waals surface area (Å²) in [5.41, 5.74) is -0.772. The number of carbonyl (C=O) groups excluding carboxylic acids is 1. The van der Waals surface area contributed by atoms with E-state index in [2.05, 4.69) is 5.32 Å². The third-order valence-corrected chi connectivity index (χ3v) is 3.25. The number of nitrogens with one attached hydrogen (secondary N) is 1. The van der Waals surface area contributed by atoms with E-state index in [0.29, 0.717) is 19.4 Å². The van der Waals surface area contributed by atoms with Gasteiger partial charge in [0.15, 0.2) is 6.10 Å².